The van der Waals surface area contributed by atoms with Crippen molar-refractivity contribution in [3.63, 3.8) is 0 Å². The summed E-state index contributed by atoms with van der Waals surface area (Å²) in [5.74, 6) is 0.160. The van der Waals surface area contributed by atoms with Crippen molar-refractivity contribution in [2.45, 2.75) is 13.0 Å². The number of rotatable bonds is 1. The molecular weight excluding hydrogens is 162 g/mol. The van der Waals surface area contributed by atoms with Crippen LogP contribution < -0.4 is 5.73 Å². The first-order valence-corrected chi connectivity index (χ1v) is 3.73. The first-order chi connectivity index (χ1) is 5.11. The number of aromatic hydroxyl groups is 1. The van der Waals surface area contributed by atoms with Crippen LogP contribution in [0, 0.1) is 0 Å². The van der Waals surface area contributed by atoms with Crippen LogP contribution >= 0.6 is 11.6 Å². The van der Waals surface area contributed by atoms with E-state index in [9.17, 15) is 5.11 Å². The van der Waals surface area contributed by atoms with Gasteiger partial charge in [0.2, 0.25) is 0 Å². The smallest absolute Gasteiger partial charge is 0.121 e. The zero-order valence-electron chi connectivity index (χ0n) is 6.21. The molecule has 2 nitrogen and oxygen atoms in total. The molecule has 11 heavy (non-hydrogen) atoms. The van der Waals surface area contributed by atoms with E-state index in [0.717, 1.165) is 5.56 Å². The third-order valence-corrected chi connectivity index (χ3v) is 1.72. The van der Waals surface area contributed by atoms with Gasteiger partial charge in [-0.2, -0.15) is 0 Å². The summed E-state index contributed by atoms with van der Waals surface area (Å²) in [5, 5.41) is 9.82. The van der Waals surface area contributed by atoms with Crippen molar-refractivity contribution in [2.75, 3.05) is 0 Å². The maximum Gasteiger partial charge on any atom is 0.121 e. The molecular formula is C8H10ClNO. The Kier molecular flexibility index (Phi) is 2.37. The molecule has 1 atom stereocenters. The Balaban J connectivity index is 3.09. The van der Waals surface area contributed by atoms with Crippen LogP contribution in [0.1, 0.15) is 18.5 Å². The monoisotopic (exact) mass is 171 g/mol. The number of benzene rings is 1. The molecule has 0 heterocycles. The van der Waals surface area contributed by atoms with E-state index in [1.807, 2.05) is 6.92 Å². The molecule has 0 bridgehead atoms. The van der Waals surface area contributed by atoms with Gasteiger partial charge in [0.1, 0.15) is 5.75 Å². The van der Waals surface area contributed by atoms with Crippen LogP contribution in [0.15, 0.2) is 18.2 Å². The zero-order chi connectivity index (χ0) is 8.43. The fraction of sp³-hybridized carbons (Fsp3) is 0.250. The lowest BCUT2D eigenvalue weighted by Gasteiger charge is -2.07. The van der Waals surface area contributed by atoms with E-state index in [4.69, 9.17) is 17.3 Å². The third kappa shape index (κ3) is 1.85. The summed E-state index contributed by atoms with van der Waals surface area (Å²) in [7, 11) is 0. The second-order valence-electron chi connectivity index (χ2n) is 2.49. The highest BCUT2D eigenvalue weighted by Crippen LogP contribution is 2.25. The highest BCUT2D eigenvalue weighted by Gasteiger charge is 2.04. The van der Waals surface area contributed by atoms with Crippen LogP contribution in [0.2, 0.25) is 5.02 Å². The quantitative estimate of drug-likeness (QED) is 0.680. The summed E-state index contributed by atoms with van der Waals surface area (Å²) in [4.78, 5) is 0. The summed E-state index contributed by atoms with van der Waals surface area (Å²) in [5.41, 5.74) is 6.28. The maximum absolute atomic E-state index is 9.30. The highest BCUT2D eigenvalue weighted by molar-refractivity contribution is 6.30. The summed E-state index contributed by atoms with van der Waals surface area (Å²) in [6.07, 6.45) is 0. The number of hydrogen-bond donors (Lipinski definition) is 2. The lowest BCUT2D eigenvalue weighted by molar-refractivity contribution is 0.464. The van der Waals surface area contributed by atoms with Gasteiger partial charge in [0.25, 0.3) is 0 Å². The summed E-state index contributed by atoms with van der Waals surface area (Å²) < 4.78 is 0. The first kappa shape index (κ1) is 8.37. The number of phenolic OH excluding ortho intramolecular Hbond substituents is 1. The van der Waals surface area contributed by atoms with Gasteiger partial charge in [0.15, 0.2) is 0 Å². The Morgan fingerprint density at radius 3 is 2.64 bits per heavy atom. The molecule has 1 aromatic carbocycles. The van der Waals surface area contributed by atoms with Crippen molar-refractivity contribution in [1.82, 2.24) is 0 Å². The Morgan fingerprint density at radius 1 is 1.55 bits per heavy atom. The Labute approximate surface area is 70.6 Å². The second kappa shape index (κ2) is 3.11. The average molecular weight is 172 g/mol. The number of phenols is 1. The van der Waals surface area contributed by atoms with E-state index in [1.54, 1.807) is 12.1 Å². The van der Waals surface area contributed by atoms with Gasteiger partial charge >= 0.3 is 0 Å². The third-order valence-electron chi connectivity index (χ3n) is 1.48. The second-order valence-corrected chi connectivity index (χ2v) is 2.93. The van der Waals surface area contributed by atoms with Crippen LogP contribution in [0.25, 0.3) is 0 Å². The van der Waals surface area contributed by atoms with Gasteiger partial charge in [0, 0.05) is 16.6 Å². The SMILES string of the molecule is CC(N)c1ccc(Cl)cc1O. The lowest BCUT2D eigenvalue weighted by Crippen LogP contribution is -2.04. The molecule has 0 aliphatic carbocycles. The molecule has 1 unspecified atom stereocenters. The average Bonchev–Trinajstić information content (AvgIpc) is 1.85. The van der Waals surface area contributed by atoms with Crippen LogP contribution in [-0.2, 0) is 0 Å². The van der Waals surface area contributed by atoms with E-state index in [2.05, 4.69) is 0 Å². The van der Waals surface area contributed by atoms with Gasteiger partial charge in [-0.05, 0) is 19.1 Å². The summed E-state index contributed by atoms with van der Waals surface area (Å²) in [6.45, 7) is 1.81. The van der Waals surface area contributed by atoms with Crippen molar-refractivity contribution in [3.05, 3.63) is 28.8 Å². The molecule has 0 aromatic heterocycles. The van der Waals surface area contributed by atoms with Gasteiger partial charge in [-0.15, -0.1) is 0 Å². The summed E-state index contributed by atoms with van der Waals surface area (Å²) >= 11 is 5.62. The van der Waals surface area contributed by atoms with Crippen molar-refractivity contribution in [2.24, 2.45) is 5.73 Å². The Bertz CT molecular complexity index is 260. The van der Waals surface area contributed by atoms with Crippen molar-refractivity contribution < 1.29 is 5.11 Å². The van der Waals surface area contributed by atoms with E-state index in [1.165, 1.54) is 6.07 Å². The van der Waals surface area contributed by atoms with E-state index in [0.29, 0.717) is 5.02 Å². The number of hydrogen-bond acceptors (Lipinski definition) is 2. The predicted molar refractivity (Wildman–Crippen MR) is 45.7 cm³/mol. The molecule has 0 aliphatic heterocycles. The van der Waals surface area contributed by atoms with Crippen LogP contribution in [0.3, 0.4) is 0 Å². The molecule has 0 saturated carbocycles. The Hall–Kier alpha value is -0.730. The van der Waals surface area contributed by atoms with Crippen LogP contribution in [0.4, 0.5) is 0 Å². The molecule has 1 rings (SSSR count). The molecule has 0 aliphatic rings. The maximum atomic E-state index is 9.30. The molecule has 1 aromatic rings. The Morgan fingerprint density at radius 2 is 2.18 bits per heavy atom. The van der Waals surface area contributed by atoms with E-state index in [-0.39, 0.29) is 11.8 Å². The molecule has 0 radical (unpaired) electrons. The fourth-order valence-corrected chi connectivity index (χ4v) is 1.07. The first-order valence-electron chi connectivity index (χ1n) is 3.35. The standard InChI is InChI=1S/C8H10ClNO/c1-5(10)7-3-2-6(9)4-8(7)11/h2-5,11H,10H2,1H3. The van der Waals surface area contributed by atoms with Gasteiger partial charge < -0.3 is 10.8 Å². The van der Waals surface area contributed by atoms with Gasteiger partial charge in [-0.3, -0.25) is 0 Å². The summed E-state index contributed by atoms with van der Waals surface area (Å²) in [6, 6.07) is 4.76. The fourth-order valence-electron chi connectivity index (χ4n) is 0.902. The molecule has 3 N–H and O–H groups in total. The zero-order valence-corrected chi connectivity index (χ0v) is 6.97. The lowest BCUT2D eigenvalue weighted by atomic mass is 10.1. The van der Waals surface area contributed by atoms with Crippen LogP contribution in [0.5, 0.6) is 5.75 Å². The molecule has 0 spiro atoms. The number of nitrogens with two attached hydrogens (primary N) is 1. The molecule has 0 saturated heterocycles. The minimum atomic E-state index is -0.160. The van der Waals surface area contributed by atoms with Gasteiger partial charge in [0.05, 0.1) is 0 Å². The minimum absolute atomic E-state index is 0.160. The van der Waals surface area contributed by atoms with Crippen molar-refractivity contribution in [1.29, 1.82) is 0 Å². The van der Waals surface area contributed by atoms with Crippen molar-refractivity contribution in [3.8, 4) is 5.75 Å². The topological polar surface area (TPSA) is 46.2 Å². The van der Waals surface area contributed by atoms with Gasteiger partial charge in [-0.1, -0.05) is 17.7 Å². The molecule has 0 fully saturated rings. The van der Waals surface area contributed by atoms with Crippen LogP contribution in [-0.4, -0.2) is 5.11 Å². The van der Waals surface area contributed by atoms with Crippen molar-refractivity contribution >= 4 is 11.6 Å². The normalized spacial score (nSPS) is 13.0. The molecule has 60 valence electrons. The number of halogens is 1. The molecule has 3 heteroatoms. The largest absolute Gasteiger partial charge is 0.508 e. The van der Waals surface area contributed by atoms with E-state index >= 15 is 0 Å². The van der Waals surface area contributed by atoms with Gasteiger partial charge in [-0.25, -0.2) is 0 Å². The van der Waals surface area contributed by atoms with E-state index < -0.39 is 0 Å². The highest BCUT2D eigenvalue weighted by atomic mass is 35.5. The molecule has 0 amide bonds. The predicted octanol–water partition coefficient (Wildman–Crippen LogP) is 2.07. The minimum Gasteiger partial charge on any atom is -0.508 e.